The summed E-state index contributed by atoms with van der Waals surface area (Å²) in [5.74, 6) is -1.14. The van der Waals surface area contributed by atoms with Gasteiger partial charge in [0.2, 0.25) is 5.91 Å². The number of hydrogen-bond donors (Lipinski definition) is 2. The average Bonchev–Trinajstić information content (AvgIpc) is 3.06. The Balaban J connectivity index is 1.78. The molecule has 160 valence electrons. The molecule has 0 radical (unpaired) electrons. The molecule has 2 aliphatic rings. The fourth-order valence-electron chi connectivity index (χ4n) is 3.48. The Bertz CT molecular complexity index is 924. The second-order valence-electron chi connectivity index (χ2n) is 7.27. The van der Waals surface area contributed by atoms with Crippen molar-refractivity contribution in [2.75, 3.05) is 38.7 Å². The lowest BCUT2D eigenvalue weighted by atomic mass is 10.0. The number of aryl methyl sites for hydroxylation is 1. The molecular formula is C21H27N5O4. The Morgan fingerprint density at radius 1 is 1.30 bits per heavy atom. The van der Waals surface area contributed by atoms with Gasteiger partial charge in [-0.25, -0.2) is 0 Å². The number of hydrazone groups is 1. The van der Waals surface area contributed by atoms with Crippen LogP contribution in [0.25, 0.3) is 0 Å². The molecule has 1 aromatic carbocycles. The number of fused-ring (bicyclic) bond motifs is 1. The molecule has 0 saturated heterocycles. The number of carbonyl (C=O) groups excluding carboxylic acids is 3. The minimum absolute atomic E-state index is 0.190. The molecule has 0 aliphatic carbocycles. The topological polar surface area (TPSA) is 103 Å². The SMILES string of the molecule is CCNC(=O)c1ccc(C)c(NC(=O)C2CN3N=CN(CCOC)C(=O)C3=C2C)c1. The van der Waals surface area contributed by atoms with E-state index in [0.717, 1.165) is 5.56 Å². The summed E-state index contributed by atoms with van der Waals surface area (Å²) >= 11 is 0. The van der Waals surface area contributed by atoms with E-state index in [0.29, 0.717) is 48.8 Å². The lowest BCUT2D eigenvalue weighted by molar-refractivity contribution is -0.126. The standard InChI is InChI=1S/C21H27N5O4/c1-5-22-19(27)15-7-6-13(2)17(10-15)24-20(28)16-11-26-18(14(16)3)21(29)25(12-23-26)8-9-30-4/h6-7,10,12,16H,5,8-9,11H2,1-4H3,(H,22,27)(H,24,28). The third kappa shape index (κ3) is 4.20. The van der Waals surface area contributed by atoms with Crippen molar-refractivity contribution in [3.05, 3.63) is 40.6 Å². The fraction of sp³-hybridized carbons (Fsp3) is 0.429. The van der Waals surface area contributed by atoms with Crippen LogP contribution < -0.4 is 10.6 Å². The highest BCUT2D eigenvalue weighted by molar-refractivity contribution is 6.05. The highest BCUT2D eigenvalue weighted by atomic mass is 16.5. The van der Waals surface area contributed by atoms with Gasteiger partial charge in [0.25, 0.3) is 11.8 Å². The molecule has 3 rings (SSSR count). The molecule has 2 heterocycles. The van der Waals surface area contributed by atoms with Gasteiger partial charge in [-0.15, -0.1) is 0 Å². The Hall–Kier alpha value is -3.20. The summed E-state index contributed by atoms with van der Waals surface area (Å²) in [7, 11) is 1.57. The van der Waals surface area contributed by atoms with Crippen LogP contribution in [-0.2, 0) is 14.3 Å². The van der Waals surface area contributed by atoms with E-state index in [1.807, 2.05) is 13.8 Å². The van der Waals surface area contributed by atoms with Crippen LogP contribution in [0.5, 0.6) is 0 Å². The maximum absolute atomic E-state index is 13.0. The molecule has 9 heteroatoms. The summed E-state index contributed by atoms with van der Waals surface area (Å²) < 4.78 is 5.03. The predicted molar refractivity (Wildman–Crippen MR) is 113 cm³/mol. The van der Waals surface area contributed by atoms with Gasteiger partial charge in [-0.2, -0.15) is 5.10 Å². The number of carbonyl (C=O) groups is 3. The number of methoxy groups -OCH3 is 1. The molecule has 0 bridgehead atoms. The average molecular weight is 413 g/mol. The Kier molecular flexibility index (Phi) is 6.51. The number of rotatable bonds is 7. The second-order valence-corrected chi connectivity index (χ2v) is 7.27. The molecule has 1 unspecified atom stereocenters. The molecule has 9 nitrogen and oxygen atoms in total. The molecule has 1 atom stereocenters. The maximum Gasteiger partial charge on any atom is 0.277 e. The third-order valence-corrected chi connectivity index (χ3v) is 5.25. The highest BCUT2D eigenvalue weighted by Gasteiger charge is 2.40. The molecule has 0 aromatic heterocycles. The van der Waals surface area contributed by atoms with Crippen LogP contribution in [-0.4, -0.2) is 67.3 Å². The first-order valence-electron chi connectivity index (χ1n) is 9.89. The van der Waals surface area contributed by atoms with Gasteiger partial charge in [0.05, 0.1) is 25.6 Å². The minimum atomic E-state index is -0.518. The highest BCUT2D eigenvalue weighted by Crippen LogP contribution is 2.32. The number of hydrogen-bond acceptors (Lipinski definition) is 6. The fourth-order valence-corrected chi connectivity index (χ4v) is 3.48. The van der Waals surface area contributed by atoms with Crippen LogP contribution >= 0.6 is 0 Å². The number of nitrogens with one attached hydrogen (secondary N) is 2. The van der Waals surface area contributed by atoms with E-state index >= 15 is 0 Å². The molecule has 3 amide bonds. The van der Waals surface area contributed by atoms with Gasteiger partial charge in [0, 0.05) is 24.9 Å². The van der Waals surface area contributed by atoms with Crippen molar-refractivity contribution in [2.24, 2.45) is 11.0 Å². The van der Waals surface area contributed by atoms with E-state index in [-0.39, 0.29) is 17.7 Å². The van der Waals surface area contributed by atoms with Crippen molar-refractivity contribution in [3.63, 3.8) is 0 Å². The molecule has 2 aliphatic heterocycles. The van der Waals surface area contributed by atoms with Gasteiger partial charge in [-0.1, -0.05) is 6.07 Å². The molecule has 2 N–H and O–H groups in total. The minimum Gasteiger partial charge on any atom is -0.383 e. The lowest BCUT2D eigenvalue weighted by Crippen LogP contribution is -2.41. The zero-order valence-corrected chi connectivity index (χ0v) is 17.7. The van der Waals surface area contributed by atoms with Crippen LogP contribution in [0.15, 0.2) is 34.6 Å². The first-order valence-corrected chi connectivity index (χ1v) is 9.89. The van der Waals surface area contributed by atoms with Crippen LogP contribution in [0.4, 0.5) is 5.69 Å². The van der Waals surface area contributed by atoms with Gasteiger partial charge in [0.1, 0.15) is 12.0 Å². The molecule has 1 aromatic rings. The number of amides is 3. The zero-order chi connectivity index (χ0) is 21.8. The van der Waals surface area contributed by atoms with Crippen molar-refractivity contribution in [1.82, 2.24) is 15.2 Å². The van der Waals surface area contributed by atoms with Gasteiger partial charge < -0.3 is 15.4 Å². The van der Waals surface area contributed by atoms with E-state index < -0.39 is 5.92 Å². The van der Waals surface area contributed by atoms with Gasteiger partial charge >= 0.3 is 0 Å². The Morgan fingerprint density at radius 3 is 2.77 bits per heavy atom. The summed E-state index contributed by atoms with van der Waals surface area (Å²) in [4.78, 5) is 39.4. The lowest BCUT2D eigenvalue weighted by Gasteiger charge is -2.27. The first kappa shape index (κ1) is 21.5. The zero-order valence-electron chi connectivity index (χ0n) is 17.7. The van der Waals surface area contributed by atoms with Gasteiger partial charge in [-0.05, 0) is 44.0 Å². The summed E-state index contributed by atoms with van der Waals surface area (Å²) in [6, 6.07) is 5.19. The van der Waals surface area contributed by atoms with Crippen LogP contribution in [0.3, 0.4) is 0 Å². The predicted octanol–water partition coefficient (Wildman–Crippen LogP) is 1.32. The van der Waals surface area contributed by atoms with Crippen molar-refractivity contribution in [1.29, 1.82) is 0 Å². The second kappa shape index (κ2) is 9.08. The van der Waals surface area contributed by atoms with E-state index in [2.05, 4.69) is 15.7 Å². The monoisotopic (exact) mass is 413 g/mol. The van der Waals surface area contributed by atoms with E-state index in [1.54, 1.807) is 37.2 Å². The third-order valence-electron chi connectivity index (χ3n) is 5.25. The molecule has 0 spiro atoms. The smallest absolute Gasteiger partial charge is 0.277 e. The Labute approximate surface area is 175 Å². The maximum atomic E-state index is 13.0. The summed E-state index contributed by atoms with van der Waals surface area (Å²) in [6.07, 6.45) is 1.47. The van der Waals surface area contributed by atoms with Crippen molar-refractivity contribution >= 4 is 29.7 Å². The summed E-state index contributed by atoms with van der Waals surface area (Å²) in [5, 5.41) is 11.5. The van der Waals surface area contributed by atoms with Gasteiger partial charge in [0.15, 0.2) is 0 Å². The quantitative estimate of drug-likeness (QED) is 0.702. The van der Waals surface area contributed by atoms with Crippen molar-refractivity contribution < 1.29 is 19.1 Å². The number of nitrogens with zero attached hydrogens (tertiary/aromatic N) is 3. The van der Waals surface area contributed by atoms with Crippen molar-refractivity contribution in [2.45, 2.75) is 20.8 Å². The van der Waals surface area contributed by atoms with Crippen LogP contribution in [0.1, 0.15) is 29.8 Å². The van der Waals surface area contributed by atoms with Crippen LogP contribution in [0.2, 0.25) is 0 Å². The van der Waals surface area contributed by atoms with E-state index in [9.17, 15) is 14.4 Å². The summed E-state index contributed by atoms with van der Waals surface area (Å²) in [5.41, 5.74) is 3.00. The normalized spacial score (nSPS) is 18.0. The first-order chi connectivity index (χ1) is 14.4. The molecule has 30 heavy (non-hydrogen) atoms. The van der Waals surface area contributed by atoms with E-state index in [4.69, 9.17) is 4.74 Å². The largest absolute Gasteiger partial charge is 0.383 e. The summed E-state index contributed by atoms with van der Waals surface area (Å²) in [6.45, 7) is 7.10. The Morgan fingerprint density at radius 2 is 2.07 bits per heavy atom. The molecular weight excluding hydrogens is 386 g/mol. The number of benzene rings is 1. The van der Waals surface area contributed by atoms with Gasteiger partial charge in [-0.3, -0.25) is 24.3 Å². The van der Waals surface area contributed by atoms with Crippen molar-refractivity contribution in [3.8, 4) is 0 Å². The molecule has 0 fully saturated rings. The molecule has 0 saturated carbocycles. The van der Waals surface area contributed by atoms with E-state index in [1.165, 1.54) is 11.2 Å². The number of anilines is 1. The van der Waals surface area contributed by atoms with Crippen LogP contribution in [0, 0.1) is 12.8 Å². The number of ether oxygens (including phenoxy) is 1.